The molecular formula is C25H30N2O6S. The Bertz CT molecular complexity index is 996. The Morgan fingerprint density at radius 1 is 1.09 bits per heavy atom. The van der Waals surface area contributed by atoms with Gasteiger partial charge in [0, 0.05) is 12.5 Å². The predicted octanol–water partition coefficient (Wildman–Crippen LogP) is 2.99. The molecule has 0 bridgehead atoms. The van der Waals surface area contributed by atoms with E-state index < -0.39 is 36.0 Å². The van der Waals surface area contributed by atoms with Crippen molar-refractivity contribution in [1.29, 1.82) is 0 Å². The number of alkyl carbamates (subject to hydrolysis) is 1. The molecule has 2 aromatic rings. The van der Waals surface area contributed by atoms with E-state index in [2.05, 4.69) is 22.8 Å². The van der Waals surface area contributed by atoms with Crippen LogP contribution < -0.4 is 10.6 Å². The van der Waals surface area contributed by atoms with Crippen molar-refractivity contribution in [3.63, 3.8) is 0 Å². The second kappa shape index (κ2) is 11.4. The fourth-order valence-electron chi connectivity index (χ4n) is 4.08. The van der Waals surface area contributed by atoms with Crippen LogP contribution in [0.3, 0.4) is 0 Å². The maximum absolute atomic E-state index is 12.7. The van der Waals surface area contributed by atoms with Crippen molar-refractivity contribution in [2.75, 3.05) is 25.2 Å². The highest BCUT2D eigenvalue weighted by Crippen LogP contribution is 2.44. The Labute approximate surface area is 203 Å². The molecule has 9 heteroatoms. The van der Waals surface area contributed by atoms with Crippen molar-refractivity contribution in [1.82, 2.24) is 10.6 Å². The van der Waals surface area contributed by atoms with Gasteiger partial charge in [0.2, 0.25) is 5.91 Å². The molecule has 2 aromatic carbocycles. The SMILES string of the molecule is CSCCC(NC(=O)OCC1c2ccccc2-c2ccccc21)C(=O)NCC(C)(O)CC(=O)O. The van der Waals surface area contributed by atoms with E-state index in [4.69, 9.17) is 9.84 Å². The molecule has 2 unspecified atom stereocenters. The number of carbonyl (C=O) groups is 3. The zero-order chi connectivity index (χ0) is 24.7. The molecule has 2 atom stereocenters. The number of benzene rings is 2. The molecule has 0 radical (unpaired) electrons. The first-order valence-corrected chi connectivity index (χ1v) is 12.4. The van der Waals surface area contributed by atoms with Gasteiger partial charge in [0.05, 0.1) is 12.0 Å². The van der Waals surface area contributed by atoms with Gasteiger partial charge in [-0.15, -0.1) is 0 Å². The van der Waals surface area contributed by atoms with Crippen molar-refractivity contribution >= 4 is 29.7 Å². The summed E-state index contributed by atoms with van der Waals surface area (Å²) < 4.78 is 5.53. The van der Waals surface area contributed by atoms with Crippen LogP contribution >= 0.6 is 11.8 Å². The summed E-state index contributed by atoms with van der Waals surface area (Å²) in [6.07, 6.45) is 1.03. The maximum Gasteiger partial charge on any atom is 0.407 e. The molecule has 3 rings (SSSR count). The van der Waals surface area contributed by atoms with E-state index in [1.165, 1.54) is 18.7 Å². The number of hydrogen-bond acceptors (Lipinski definition) is 6. The summed E-state index contributed by atoms with van der Waals surface area (Å²) in [4.78, 5) is 36.1. The van der Waals surface area contributed by atoms with Crippen LogP contribution in [0.2, 0.25) is 0 Å². The minimum absolute atomic E-state index is 0.0947. The number of amides is 2. The summed E-state index contributed by atoms with van der Waals surface area (Å²) in [5.74, 6) is -1.15. The molecule has 0 fully saturated rings. The number of carbonyl (C=O) groups excluding carboxylic acids is 2. The minimum Gasteiger partial charge on any atom is -0.481 e. The van der Waals surface area contributed by atoms with Crippen molar-refractivity contribution < 1.29 is 29.3 Å². The predicted molar refractivity (Wildman–Crippen MR) is 131 cm³/mol. The number of carboxylic acids is 1. The van der Waals surface area contributed by atoms with Crippen molar-refractivity contribution in [2.45, 2.75) is 37.3 Å². The Morgan fingerprint density at radius 2 is 1.68 bits per heavy atom. The van der Waals surface area contributed by atoms with Gasteiger partial charge in [-0.1, -0.05) is 48.5 Å². The Balaban J connectivity index is 1.61. The maximum atomic E-state index is 12.7. The zero-order valence-electron chi connectivity index (χ0n) is 19.2. The first-order valence-electron chi connectivity index (χ1n) is 11.0. The summed E-state index contributed by atoms with van der Waals surface area (Å²) in [5, 5.41) is 24.2. The average molecular weight is 487 g/mol. The third kappa shape index (κ3) is 6.51. The molecule has 0 spiro atoms. The number of aliphatic carboxylic acids is 1. The fraction of sp³-hybridized carbons (Fsp3) is 0.400. The normalized spacial score (nSPS) is 14.9. The van der Waals surface area contributed by atoms with Gasteiger partial charge in [-0.05, 0) is 47.6 Å². The highest BCUT2D eigenvalue weighted by atomic mass is 32.2. The molecule has 0 aliphatic heterocycles. The van der Waals surface area contributed by atoms with Gasteiger partial charge in [-0.3, -0.25) is 9.59 Å². The molecule has 0 saturated heterocycles. The molecule has 182 valence electrons. The van der Waals surface area contributed by atoms with Crippen LogP contribution in [-0.2, 0) is 14.3 Å². The number of carboxylic acid groups (broad SMARTS) is 1. The summed E-state index contributed by atoms with van der Waals surface area (Å²) >= 11 is 1.53. The number of nitrogens with one attached hydrogen (secondary N) is 2. The minimum atomic E-state index is -1.60. The first-order chi connectivity index (χ1) is 16.2. The molecular weight excluding hydrogens is 456 g/mol. The number of hydrogen-bond donors (Lipinski definition) is 4. The zero-order valence-corrected chi connectivity index (χ0v) is 20.1. The summed E-state index contributed by atoms with van der Waals surface area (Å²) in [7, 11) is 0. The Kier molecular flexibility index (Phi) is 8.57. The van der Waals surface area contributed by atoms with E-state index in [1.807, 2.05) is 42.7 Å². The molecule has 1 aliphatic rings. The topological polar surface area (TPSA) is 125 Å². The van der Waals surface area contributed by atoms with Gasteiger partial charge >= 0.3 is 12.1 Å². The van der Waals surface area contributed by atoms with Gasteiger partial charge in [0.15, 0.2) is 0 Å². The lowest BCUT2D eigenvalue weighted by Crippen LogP contribution is -2.51. The monoisotopic (exact) mass is 486 g/mol. The van der Waals surface area contributed by atoms with E-state index in [9.17, 15) is 19.5 Å². The molecule has 34 heavy (non-hydrogen) atoms. The third-order valence-corrected chi connectivity index (χ3v) is 6.38. The lowest BCUT2D eigenvalue weighted by atomic mass is 9.98. The summed E-state index contributed by atoms with van der Waals surface area (Å²) in [6.45, 7) is 1.21. The molecule has 2 amide bonds. The number of rotatable bonds is 11. The number of thioether (sulfide) groups is 1. The Hall–Kier alpha value is -3.04. The Morgan fingerprint density at radius 3 is 2.24 bits per heavy atom. The first kappa shape index (κ1) is 25.6. The van der Waals surface area contributed by atoms with Crippen molar-refractivity contribution in [3.8, 4) is 11.1 Å². The average Bonchev–Trinajstić information content (AvgIpc) is 3.12. The van der Waals surface area contributed by atoms with Crippen molar-refractivity contribution in [2.24, 2.45) is 0 Å². The molecule has 1 aliphatic carbocycles. The second-order valence-electron chi connectivity index (χ2n) is 8.59. The van der Waals surface area contributed by atoms with Gasteiger partial charge in [-0.25, -0.2) is 4.79 Å². The van der Waals surface area contributed by atoms with Crippen LogP contribution in [0.15, 0.2) is 48.5 Å². The van der Waals surface area contributed by atoms with E-state index in [0.717, 1.165) is 22.3 Å². The quantitative estimate of drug-likeness (QED) is 0.385. The molecule has 4 N–H and O–H groups in total. The van der Waals surface area contributed by atoms with Crippen LogP contribution in [0.25, 0.3) is 11.1 Å². The van der Waals surface area contributed by atoms with E-state index in [0.29, 0.717) is 12.2 Å². The van der Waals surface area contributed by atoms with Gasteiger partial charge in [-0.2, -0.15) is 11.8 Å². The summed E-state index contributed by atoms with van der Waals surface area (Å²) in [6, 6.07) is 15.2. The highest BCUT2D eigenvalue weighted by Gasteiger charge is 2.30. The second-order valence-corrected chi connectivity index (χ2v) is 9.57. The van der Waals surface area contributed by atoms with Gasteiger partial charge in [0.25, 0.3) is 0 Å². The van der Waals surface area contributed by atoms with Gasteiger partial charge in [0.1, 0.15) is 12.6 Å². The largest absolute Gasteiger partial charge is 0.481 e. The van der Waals surface area contributed by atoms with Crippen LogP contribution in [0.1, 0.15) is 36.8 Å². The number of fused-ring (bicyclic) bond motifs is 3. The standard InChI is InChI=1S/C25H30N2O6S/c1-25(32,13-22(28)29)15-26-23(30)21(11-12-34-2)27-24(31)33-14-20-18-9-5-3-7-16(18)17-8-4-6-10-19(17)20/h3-10,20-21,32H,11-15H2,1-2H3,(H,26,30)(H,27,31)(H,28,29). The number of ether oxygens (including phenoxy) is 1. The van der Waals surface area contributed by atoms with E-state index in [1.54, 1.807) is 0 Å². The lowest BCUT2D eigenvalue weighted by Gasteiger charge is -2.24. The summed E-state index contributed by atoms with van der Waals surface area (Å²) in [5.41, 5.74) is 2.83. The molecule has 0 aromatic heterocycles. The molecule has 0 saturated carbocycles. The fourth-order valence-corrected chi connectivity index (χ4v) is 4.55. The smallest absolute Gasteiger partial charge is 0.407 e. The van der Waals surface area contributed by atoms with Gasteiger partial charge < -0.3 is 25.6 Å². The van der Waals surface area contributed by atoms with Crippen LogP contribution in [0.4, 0.5) is 4.79 Å². The van der Waals surface area contributed by atoms with E-state index >= 15 is 0 Å². The number of aliphatic hydroxyl groups is 1. The van der Waals surface area contributed by atoms with Crippen LogP contribution in [0.5, 0.6) is 0 Å². The van der Waals surface area contributed by atoms with Crippen LogP contribution in [-0.4, -0.2) is 65.0 Å². The van der Waals surface area contributed by atoms with Crippen LogP contribution in [0, 0.1) is 0 Å². The molecule has 0 heterocycles. The van der Waals surface area contributed by atoms with Crippen molar-refractivity contribution in [3.05, 3.63) is 59.7 Å². The highest BCUT2D eigenvalue weighted by molar-refractivity contribution is 7.98. The van der Waals surface area contributed by atoms with E-state index in [-0.39, 0.29) is 19.1 Å². The molecule has 8 nitrogen and oxygen atoms in total. The lowest BCUT2D eigenvalue weighted by molar-refractivity contribution is -0.142. The third-order valence-electron chi connectivity index (χ3n) is 5.74.